The van der Waals surface area contributed by atoms with Crippen LogP contribution in [0.1, 0.15) is 56.1 Å². The molecular formula is C36H38ClN3O4S. The smallest absolute Gasteiger partial charge is 0.265 e. The lowest BCUT2D eigenvalue weighted by molar-refractivity contribution is -0.141. The van der Waals surface area contributed by atoms with Crippen LogP contribution in [0.4, 0.5) is 5.69 Å². The van der Waals surface area contributed by atoms with E-state index in [-0.39, 0.29) is 37.4 Å². The van der Waals surface area contributed by atoms with E-state index in [1.165, 1.54) is 10.7 Å². The van der Waals surface area contributed by atoms with Crippen molar-refractivity contribution in [3.05, 3.63) is 107 Å². The van der Waals surface area contributed by atoms with E-state index >= 15 is 0 Å². The Morgan fingerprint density at radius 2 is 1.58 bits per heavy atom. The van der Waals surface area contributed by atoms with Gasteiger partial charge < -0.3 is 10.2 Å². The SMILES string of the molecule is O=C(NC1CCCCC1)[C@H](Cc1ccccc1)N(Cc1ccc(Cl)cc1)C(=O)CCCN1c2cccc3cccc(c23)S1(=O)=O. The minimum absolute atomic E-state index is 0.0912. The van der Waals surface area contributed by atoms with Gasteiger partial charge in [0, 0.05) is 42.4 Å². The highest BCUT2D eigenvalue weighted by Gasteiger charge is 2.36. The standard InChI is InChI=1S/C36H38ClN3O4S/c37-29-21-19-27(20-22-29)25-39(32(24-26-10-3-1-4-11-26)36(42)38-30-14-5-2-6-15-30)34(41)18-9-23-40-31-16-7-12-28-13-8-17-33(35(28)31)45(40,43)44/h1,3-4,7-8,10-13,16-17,19-22,30,32H,2,5-6,9,14-15,18,23-25H2,(H,38,42)/t32-/m0/s1. The lowest BCUT2D eigenvalue weighted by Gasteiger charge is -2.33. The number of carbonyl (C=O) groups is 2. The van der Waals surface area contributed by atoms with Crippen LogP contribution in [-0.4, -0.2) is 43.8 Å². The molecule has 1 atom stereocenters. The number of nitrogens with one attached hydrogen (secondary N) is 1. The largest absolute Gasteiger partial charge is 0.352 e. The molecule has 0 unspecified atom stereocenters. The second-order valence-electron chi connectivity index (χ2n) is 12.0. The summed E-state index contributed by atoms with van der Waals surface area (Å²) in [7, 11) is -3.72. The summed E-state index contributed by atoms with van der Waals surface area (Å²) in [5, 5.41) is 5.44. The van der Waals surface area contributed by atoms with Crippen LogP contribution in [0.5, 0.6) is 0 Å². The van der Waals surface area contributed by atoms with Gasteiger partial charge in [0.15, 0.2) is 0 Å². The minimum Gasteiger partial charge on any atom is -0.352 e. The molecule has 1 saturated carbocycles. The third-order valence-corrected chi connectivity index (χ3v) is 11.0. The summed E-state index contributed by atoms with van der Waals surface area (Å²) in [6.45, 7) is 0.395. The first-order valence-corrected chi connectivity index (χ1v) is 17.6. The van der Waals surface area contributed by atoms with Crippen LogP contribution in [0.25, 0.3) is 10.8 Å². The van der Waals surface area contributed by atoms with E-state index in [1.807, 2.05) is 66.7 Å². The molecule has 234 valence electrons. The first-order valence-electron chi connectivity index (χ1n) is 15.7. The fraction of sp³-hybridized carbons (Fsp3) is 0.333. The molecule has 1 heterocycles. The predicted octanol–water partition coefficient (Wildman–Crippen LogP) is 6.87. The van der Waals surface area contributed by atoms with Gasteiger partial charge in [-0.1, -0.05) is 97.6 Å². The number of carbonyl (C=O) groups excluding carboxylic acids is 2. The molecule has 1 aliphatic heterocycles. The molecule has 7 nitrogen and oxygen atoms in total. The maximum absolute atomic E-state index is 14.1. The van der Waals surface area contributed by atoms with Crippen LogP contribution in [0, 0.1) is 0 Å². The topological polar surface area (TPSA) is 86.8 Å². The Kier molecular flexibility index (Phi) is 9.42. The molecule has 0 aromatic heterocycles. The van der Waals surface area contributed by atoms with Crippen LogP contribution in [0.15, 0.2) is 95.9 Å². The highest BCUT2D eigenvalue weighted by molar-refractivity contribution is 7.93. The van der Waals surface area contributed by atoms with Crippen LogP contribution in [0.2, 0.25) is 5.02 Å². The van der Waals surface area contributed by atoms with Crippen LogP contribution >= 0.6 is 11.6 Å². The second-order valence-corrected chi connectivity index (χ2v) is 14.3. The van der Waals surface area contributed by atoms with E-state index < -0.39 is 16.1 Å². The Morgan fingerprint density at radius 1 is 0.867 bits per heavy atom. The number of amides is 2. The number of hydrogen-bond acceptors (Lipinski definition) is 4. The summed E-state index contributed by atoms with van der Waals surface area (Å²) >= 11 is 6.16. The van der Waals surface area contributed by atoms with E-state index in [4.69, 9.17) is 11.6 Å². The molecule has 0 saturated heterocycles. The van der Waals surface area contributed by atoms with Gasteiger partial charge in [-0.15, -0.1) is 0 Å². The third-order valence-electron chi connectivity index (χ3n) is 8.92. The second kappa shape index (κ2) is 13.6. The van der Waals surface area contributed by atoms with Crippen molar-refractivity contribution in [3.63, 3.8) is 0 Å². The Morgan fingerprint density at radius 3 is 2.31 bits per heavy atom. The van der Waals surface area contributed by atoms with Crippen LogP contribution in [0.3, 0.4) is 0 Å². The quantitative estimate of drug-likeness (QED) is 0.193. The third kappa shape index (κ3) is 6.87. The highest BCUT2D eigenvalue weighted by Crippen LogP contribution is 2.42. The van der Waals surface area contributed by atoms with Crippen molar-refractivity contribution < 1.29 is 18.0 Å². The van der Waals surface area contributed by atoms with Gasteiger partial charge in [0.25, 0.3) is 10.0 Å². The summed E-state index contributed by atoms with van der Waals surface area (Å²) in [5.41, 5.74) is 2.46. The molecule has 2 amide bonds. The monoisotopic (exact) mass is 643 g/mol. The molecule has 4 aromatic rings. The van der Waals surface area contributed by atoms with Crippen molar-refractivity contribution in [2.45, 2.75) is 74.9 Å². The van der Waals surface area contributed by atoms with Crippen LogP contribution < -0.4 is 9.62 Å². The van der Waals surface area contributed by atoms with Crippen molar-refractivity contribution in [2.75, 3.05) is 10.8 Å². The summed E-state index contributed by atoms with van der Waals surface area (Å²) < 4.78 is 28.4. The molecule has 0 spiro atoms. The van der Waals surface area contributed by atoms with E-state index in [1.54, 1.807) is 29.2 Å². The van der Waals surface area contributed by atoms with E-state index in [0.29, 0.717) is 28.4 Å². The number of hydrogen-bond donors (Lipinski definition) is 1. The molecule has 1 fully saturated rings. The summed E-state index contributed by atoms with van der Waals surface area (Å²) in [4.78, 5) is 30.1. The number of halogens is 1. The number of anilines is 1. The van der Waals surface area contributed by atoms with Crippen molar-refractivity contribution >= 4 is 49.9 Å². The predicted molar refractivity (Wildman–Crippen MR) is 179 cm³/mol. The Balaban J connectivity index is 1.25. The first kappa shape index (κ1) is 31.1. The zero-order chi connectivity index (χ0) is 31.4. The van der Waals surface area contributed by atoms with Gasteiger partial charge in [-0.2, -0.15) is 0 Å². The Labute approximate surface area is 270 Å². The molecule has 2 aliphatic rings. The lowest BCUT2D eigenvalue weighted by Crippen LogP contribution is -2.52. The lowest BCUT2D eigenvalue weighted by atomic mass is 9.94. The summed E-state index contributed by atoms with van der Waals surface area (Å²) in [6.07, 6.45) is 5.99. The number of rotatable bonds is 11. The molecule has 1 aliphatic carbocycles. The van der Waals surface area contributed by atoms with E-state index in [9.17, 15) is 18.0 Å². The Bertz CT molecular complexity index is 1770. The summed E-state index contributed by atoms with van der Waals surface area (Å²) in [5.74, 6) is -0.352. The van der Waals surface area contributed by atoms with E-state index in [0.717, 1.165) is 47.6 Å². The van der Waals surface area contributed by atoms with Gasteiger partial charge in [-0.05, 0) is 60.0 Å². The van der Waals surface area contributed by atoms with Crippen LogP contribution in [-0.2, 0) is 32.6 Å². The van der Waals surface area contributed by atoms with Gasteiger partial charge in [0.05, 0.1) is 10.6 Å². The molecule has 4 aromatic carbocycles. The highest BCUT2D eigenvalue weighted by atomic mass is 35.5. The normalized spacial score (nSPS) is 16.4. The summed E-state index contributed by atoms with van der Waals surface area (Å²) in [6, 6.07) is 27.3. The molecule has 0 bridgehead atoms. The van der Waals surface area contributed by atoms with E-state index in [2.05, 4.69) is 5.32 Å². The zero-order valence-corrected chi connectivity index (χ0v) is 26.8. The number of sulfonamides is 1. The minimum atomic E-state index is -3.72. The fourth-order valence-electron chi connectivity index (χ4n) is 6.60. The van der Waals surface area contributed by atoms with Gasteiger partial charge in [0.2, 0.25) is 11.8 Å². The number of nitrogens with zero attached hydrogens (tertiary/aromatic N) is 2. The van der Waals surface area contributed by atoms with Gasteiger partial charge >= 0.3 is 0 Å². The van der Waals surface area contributed by atoms with Gasteiger partial charge in [-0.25, -0.2) is 8.42 Å². The number of benzene rings is 4. The molecular weight excluding hydrogens is 606 g/mol. The van der Waals surface area contributed by atoms with Crippen molar-refractivity contribution in [3.8, 4) is 0 Å². The van der Waals surface area contributed by atoms with Crippen molar-refractivity contribution in [1.82, 2.24) is 10.2 Å². The first-order chi connectivity index (χ1) is 21.8. The van der Waals surface area contributed by atoms with Crippen molar-refractivity contribution in [2.24, 2.45) is 0 Å². The average molecular weight is 644 g/mol. The molecule has 45 heavy (non-hydrogen) atoms. The fourth-order valence-corrected chi connectivity index (χ4v) is 8.48. The van der Waals surface area contributed by atoms with Gasteiger partial charge in [0.1, 0.15) is 6.04 Å². The zero-order valence-electron chi connectivity index (χ0n) is 25.2. The maximum atomic E-state index is 14.1. The molecule has 0 radical (unpaired) electrons. The molecule has 6 rings (SSSR count). The molecule has 1 N–H and O–H groups in total. The maximum Gasteiger partial charge on any atom is 0.265 e. The van der Waals surface area contributed by atoms with Gasteiger partial charge in [-0.3, -0.25) is 13.9 Å². The Hall–Kier alpha value is -3.88. The molecule has 9 heteroatoms. The average Bonchev–Trinajstić information content (AvgIpc) is 3.27. The van der Waals surface area contributed by atoms with Crippen molar-refractivity contribution in [1.29, 1.82) is 0 Å².